The Hall–Kier alpha value is -1.14. The molecule has 0 atom stereocenters. The lowest BCUT2D eigenvalue weighted by molar-refractivity contribution is 0.00578. The zero-order chi connectivity index (χ0) is 16.0. The van der Waals surface area contributed by atoms with E-state index in [-0.39, 0.29) is 18.3 Å². The summed E-state index contributed by atoms with van der Waals surface area (Å²) in [6.45, 7) is 8.64. The predicted octanol–water partition coefficient (Wildman–Crippen LogP) is 3.87. The van der Waals surface area contributed by atoms with Crippen molar-refractivity contribution in [2.75, 3.05) is 6.54 Å². The van der Waals surface area contributed by atoms with Gasteiger partial charge in [-0.25, -0.2) is 0 Å². The second-order valence-corrected chi connectivity index (χ2v) is 7.61. The molecule has 3 rings (SSSR count). The maximum Gasteiger partial charge on any atom is 0.491 e. The first-order valence-electron chi connectivity index (χ1n) is 7.56. The molecule has 116 valence electrons. The van der Waals surface area contributed by atoms with E-state index in [1.807, 2.05) is 0 Å². The Labute approximate surface area is 136 Å². The van der Waals surface area contributed by atoms with Crippen LogP contribution < -0.4 is 5.73 Å². The SMILES string of the molecule is CC1(C)OB(C(=Cc2cccc3ccsc23)CN)OC1(C)C. The second-order valence-electron chi connectivity index (χ2n) is 6.70. The van der Waals surface area contributed by atoms with Crippen LogP contribution in [-0.4, -0.2) is 24.9 Å². The van der Waals surface area contributed by atoms with E-state index in [1.54, 1.807) is 11.3 Å². The first-order valence-corrected chi connectivity index (χ1v) is 8.44. The van der Waals surface area contributed by atoms with Gasteiger partial charge in [-0.1, -0.05) is 24.3 Å². The highest BCUT2D eigenvalue weighted by Crippen LogP contribution is 2.39. The third-order valence-electron chi connectivity index (χ3n) is 4.64. The first-order chi connectivity index (χ1) is 10.3. The third-order valence-corrected chi connectivity index (χ3v) is 5.62. The summed E-state index contributed by atoms with van der Waals surface area (Å²) in [5.41, 5.74) is 7.42. The summed E-state index contributed by atoms with van der Waals surface area (Å²) in [5, 5.41) is 3.36. The number of nitrogens with two attached hydrogens (primary N) is 1. The first kappa shape index (κ1) is 15.7. The molecular weight excluding hydrogens is 293 g/mol. The molecule has 1 aromatic carbocycles. The fourth-order valence-electron chi connectivity index (χ4n) is 2.55. The third kappa shape index (κ3) is 2.63. The van der Waals surface area contributed by atoms with E-state index in [1.165, 1.54) is 15.6 Å². The zero-order valence-electron chi connectivity index (χ0n) is 13.6. The Morgan fingerprint density at radius 2 is 1.86 bits per heavy atom. The lowest BCUT2D eigenvalue weighted by Gasteiger charge is -2.32. The highest BCUT2D eigenvalue weighted by molar-refractivity contribution is 7.17. The summed E-state index contributed by atoms with van der Waals surface area (Å²) in [6.07, 6.45) is 2.11. The molecule has 1 saturated heterocycles. The van der Waals surface area contributed by atoms with Crippen molar-refractivity contribution in [2.24, 2.45) is 5.73 Å². The minimum absolute atomic E-state index is 0.346. The van der Waals surface area contributed by atoms with Gasteiger partial charge in [-0.15, -0.1) is 11.3 Å². The minimum atomic E-state index is -0.384. The van der Waals surface area contributed by atoms with Crippen LogP contribution in [0.25, 0.3) is 16.2 Å². The normalized spacial score (nSPS) is 20.8. The van der Waals surface area contributed by atoms with E-state index < -0.39 is 0 Å². The van der Waals surface area contributed by atoms with Crippen LogP contribution in [0.4, 0.5) is 0 Å². The van der Waals surface area contributed by atoms with Crippen LogP contribution in [0, 0.1) is 0 Å². The van der Waals surface area contributed by atoms with Gasteiger partial charge in [-0.05, 0) is 55.6 Å². The number of hydrogen-bond acceptors (Lipinski definition) is 4. The van der Waals surface area contributed by atoms with Crippen LogP contribution in [0.2, 0.25) is 0 Å². The van der Waals surface area contributed by atoms with Crippen LogP contribution in [0.15, 0.2) is 35.1 Å². The van der Waals surface area contributed by atoms with Gasteiger partial charge in [0.2, 0.25) is 0 Å². The van der Waals surface area contributed by atoms with Crippen molar-refractivity contribution in [3.8, 4) is 0 Å². The van der Waals surface area contributed by atoms with Gasteiger partial charge >= 0.3 is 7.12 Å². The molecule has 1 aliphatic rings. The molecule has 0 spiro atoms. The van der Waals surface area contributed by atoms with Crippen molar-refractivity contribution in [1.29, 1.82) is 0 Å². The maximum atomic E-state index is 6.12. The van der Waals surface area contributed by atoms with E-state index in [9.17, 15) is 0 Å². The Morgan fingerprint density at radius 1 is 1.18 bits per heavy atom. The van der Waals surface area contributed by atoms with Crippen LogP contribution in [0.5, 0.6) is 0 Å². The molecule has 0 amide bonds. The molecule has 0 aliphatic carbocycles. The van der Waals surface area contributed by atoms with Crippen molar-refractivity contribution in [1.82, 2.24) is 0 Å². The van der Waals surface area contributed by atoms with E-state index in [0.717, 1.165) is 5.47 Å². The number of benzene rings is 1. The fourth-order valence-corrected chi connectivity index (χ4v) is 3.43. The van der Waals surface area contributed by atoms with Crippen LogP contribution in [-0.2, 0) is 9.31 Å². The average molecular weight is 315 g/mol. The monoisotopic (exact) mass is 315 g/mol. The van der Waals surface area contributed by atoms with Gasteiger partial charge in [0, 0.05) is 11.2 Å². The quantitative estimate of drug-likeness (QED) is 0.874. The number of fused-ring (bicyclic) bond motifs is 1. The van der Waals surface area contributed by atoms with Gasteiger partial charge in [-0.3, -0.25) is 0 Å². The Balaban J connectivity index is 1.97. The number of hydrogen-bond donors (Lipinski definition) is 1. The van der Waals surface area contributed by atoms with Crippen molar-refractivity contribution in [2.45, 2.75) is 38.9 Å². The van der Waals surface area contributed by atoms with Gasteiger partial charge in [0.1, 0.15) is 0 Å². The van der Waals surface area contributed by atoms with Crippen molar-refractivity contribution in [3.05, 3.63) is 40.7 Å². The van der Waals surface area contributed by atoms with Crippen molar-refractivity contribution >= 4 is 34.6 Å². The lowest BCUT2D eigenvalue weighted by atomic mass is 9.77. The highest BCUT2D eigenvalue weighted by Gasteiger charge is 2.52. The van der Waals surface area contributed by atoms with E-state index in [2.05, 4.69) is 63.4 Å². The summed E-state index contributed by atoms with van der Waals surface area (Å²) in [7, 11) is -0.384. The van der Waals surface area contributed by atoms with Crippen molar-refractivity contribution < 1.29 is 9.31 Å². The Kier molecular flexibility index (Phi) is 3.93. The second kappa shape index (κ2) is 5.50. The molecule has 2 N–H and O–H groups in total. The summed E-state index contributed by atoms with van der Waals surface area (Å²) in [4.78, 5) is 0. The predicted molar refractivity (Wildman–Crippen MR) is 94.9 cm³/mol. The maximum absolute atomic E-state index is 6.12. The van der Waals surface area contributed by atoms with Gasteiger partial charge in [-0.2, -0.15) is 0 Å². The Bertz CT molecular complexity index is 704. The summed E-state index contributed by atoms with van der Waals surface area (Å²) in [5.74, 6) is 0. The van der Waals surface area contributed by atoms with E-state index in [4.69, 9.17) is 15.0 Å². The van der Waals surface area contributed by atoms with Gasteiger partial charge in [0.25, 0.3) is 0 Å². The summed E-state index contributed by atoms with van der Waals surface area (Å²) in [6, 6.07) is 8.44. The smallest absolute Gasteiger partial charge is 0.400 e. The number of thiophene rings is 1. The molecule has 5 heteroatoms. The minimum Gasteiger partial charge on any atom is -0.400 e. The van der Waals surface area contributed by atoms with Crippen LogP contribution in [0.1, 0.15) is 33.3 Å². The van der Waals surface area contributed by atoms with E-state index >= 15 is 0 Å². The van der Waals surface area contributed by atoms with Crippen LogP contribution >= 0.6 is 11.3 Å². The molecule has 0 radical (unpaired) electrons. The Morgan fingerprint density at radius 3 is 2.50 bits per heavy atom. The summed E-state index contributed by atoms with van der Waals surface area (Å²) >= 11 is 1.74. The highest BCUT2D eigenvalue weighted by atomic mass is 32.1. The lowest BCUT2D eigenvalue weighted by Crippen LogP contribution is -2.41. The van der Waals surface area contributed by atoms with E-state index in [0.29, 0.717) is 6.54 Å². The molecule has 2 heterocycles. The topological polar surface area (TPSA) is 44.5 Å². The van der Waals surface area contributed by atoms with Gasteiger partial charge < -0.3 is 15.0 Å². The largest absolute Gasteiger partial charge is 0.491 e. The molecule has 0 unspecified atom stereocenters. The van der Waals surface area contributed by atoms with Crippen molar-refractivity contribution in [3.63, 3.8) is 0 Å². The molecule has 1 aliphatic heterocycles. The molecule has 22 heavy (non-hydrogen) atoms. The molecule has 3 nitrogen and oxygen atoms in total. The van der Waals surface area contributed by atoms with Gasteiger partial charge in [0.05, 0.1) is 11.2 Å². The average Bonchev–Trinajstić information content (AvgIpc) is 2.99. The zero-order valence-corrected chi connectivity index (χ0v) is 14.4. The molecule has 0 saturated carbocycles. The standard InChI is InChI=1S/C17H22BNO2S/c1-16(2)17(3,4)21-18(20-16)14(11-19)10-13-7-5-6-12-8-9-22-15(12)13/h5-10H,11,19H2,1-4H3. The summed E-state index contributed by atoms with van der Waals surface area (Å²) < 4.78 is 13.5. The molecule has 1 aromatic heterocycles. The molecule has 0 bridgehead atoms. The van der Waals surface area contributed by atoms with Gasteiger partial charge in [0.15, 0.2) is 0 Å². The molecule has 1 fully saturated rings. The molecular formula is C17H22BNO2S. The fraction of sp³-hybridized carbons (Fsp3) is 0.412. The van der Waals surface area contributed by atoms with Crippen LogP contribution in [0.3, 0.4) is 0 Å². The number of rotatable bonds is 3. The molecule has 2 aromatic rings.